The Bertz CT molecular complexity index is 637. The van der Waals surface area contributed by atoms with E-state index in [0.29, 0.717) is 0 Å². The van der Waals surface area contributed by atoms with Gasteiger partial charge in [0.25, 0.3) is 5.82 Å². The maximum Gasteiger partial charge on any atom is 0.377 e. The van der Waals surface area contributed by atoms with Crippen molar-refractivity contribution in [2.24, 2.45) is 0 Å². The zero-order valence-corrected chi connectivity index (χ0v) is 11.4. The Labute approximate surface area is 119 Å². The van der Waals surface area contributed by atoms with Crippen molar-refractivity contribution < 1.29 is 14.3 Å². The summed E-state index contributed by atoms with van der Waals surface area (Å²) in [6, 6.07) is 9.41. The van der Waals surface area contributed by atoms with Gasteiger partial charge < -0.3 is 4.74 Å². The van der Waals surface area contributed by atoms with E-state index in [1.165, 1.54) is 13.2 Å². The molecule has 7 heteroatoms. The fraction of sp³-hybridized carbons (Fsp3) is 0.0769. The first-order chi connectivity index (χ1) is 9.69. The van der Waals surface area contributed by atoms with Crippen molar-refractivity contribution in [2.45, 2.75) is 0 Å². The van der Waals surface area contributed by atoms with Crippen LogP contribution in [0.2, 0.25) is 0 Å². The number of rotatable bonds is 4. The summed E-state index contributed by atoms with van der Waals surface area (Å²) >= 11 is 0.915. The van der Waals surface area contributed by atoms with Gasteiger partial charge in [-0.25, -0.2) is 4.79 Å². The number of esters is 1. The highest BCUT2D eigenvalue weighted by Crippen LogP contribution is 2.11. The lowest BCUT2D eigenvalue weighted by atomic mass is 10.2. The van der Waals surface area contributed by atoms with Gasteiger partial charge in [0.05, 0.1) is 7.11 Å². The van der Waals surface area contributed by atoms with Crippen LogP contribution >= 0.6 is 11.5 Å². The molecule has 2 aromatic rings. The lowest BCUT2D eigenvalue weighted by Gasteiger charge is -1.95. The topological polar surface area (TPSA) is 81.2 Å². The van der Waals surface area contributed by atoms with Gasteiger partial charge >= 0.3 is 5.97 Å². The number of aromatic nitrogens is 2. The van der Waals surface area contributed by atoms with E-state index < -0.39 is 5.97 Å². The summed E-state index contributed by atoms with van der Waals surface area (Å²) in [5, 5.41) is 2.77. The first-order valence-corrected chi connectivity index (χ1v) is 6.42. The molecule has 0 aliphatic carbocycles. The van der Waals surface area contributed by atoms with E-state index in [0.717, 1.165) is 17.1 Å². The van der Waals surface area contributed by atoms with E-state index >= 15 is 0 Å². The van der Waals surface area contributed by atoms with Gasteiger partial charge in [-0.15, -0.1) is 0 Å². The third-order valence-electron chi connectivity index (χ3n) is 2.25. The summed E-state index contributed by atoms with van der Waals surface area (Å²) in [4.78, 5) is 26.7. The van der Waals surface area contributed by atoms with Gasteiger partial charge in [0, 0.05) is 17.6 Å². The number of carbonyl (C=O) groups excluding carboxylic acids is 2. The van der Waals surface area contributed by atoms with Gasteiger partial charge in [0.15, 0.2) is 0 Å². The number of nitrogens with one attached hydrogen (secondary N) is 1. The van der Waals surface area contributed by atoms with Crippen LogP contribution in [0, 0.1) is 0 Å². The molecule has 1 aromatic heterocycles. The normalized spacial score (nSPS) is 10.4. The molecule has 1 heterocycles. The van der Waals surface area contributed by atoms with E-state index in [-0.39, 0.29) is 16.9 Å². The summed E-state index contributed by atoms with van der Waals surface area (Å²) in [6.07, 6.45) is 3.06. The van der Waals surface area contributed by atoms with E-state index in [1.54, 1.807) is 6.08 Å². The molecule has 0 radical (unpaired) electrons. The Balaban J connectivity index is 1.96. The van der Waals surface area contributed by atoms with Crippen LogP contribution in [-0.2, 0) is 9.53 Å². The molecule has 6 nitrogen and oxygen atoms in total. The third kappa shape index (κ3) is 3.72. The summed E-state index contributed by atoms with van der Waals surface area (Å²) < 4.78 is 8.25. The SMILES string of the molecule is COC(=O)c1nsc(NC(=O)/C=C/c2ccccc2)n1. The van der Waals surface area contributed by atoms with Gasteiger partial charge in [-0.1, -0.05) is 30.3 Å². The molecule has 1 N–H and O–H groups in total. The molecular weight excluding hydrogens is 278 g/mol. The predicted octanol–water partition coefficient (Wildman–Crippen LogP) is 1.98. The first-order valence-electron chi connectivity index (χ1n) is 5.65. The molecule has 1 amide bonds. The van der Waals surface area contributed by atoms with Crippen molar-refractivity contribution in [3.63, 3.8) is 0 Å². The number of hydrogen-bond donors (Lipinski definition) is 1. The molecule has 0 atom stereocenters. The molecular formula is C13H11N3O3S. The average molecular weight is 289 g/mol. The number of hydrogen-bond acceptors (Lipinski definition) is 6. The molecule has 0 unspecified atom stereocenters. The molecule has 2 rings (SSSR count). The van der Waals surface area contributed by atoms with Crippen LogP contribution in [0.15, 0.2) is 36.4 Å². The minimum atomic E-state index is -0.637. The number of carbonyl (C=O) groups is 2. The van der Waals surface area contributed by atoms with Crippen molar-refractivity contribution >= 4 is 34.6 Å². The molecule has 0 aliphatic heterocycles. The van der Waals surface area contributed by atoms with Crippen molar-refractivity contribution in [1.82, 2.24) is 9.36 Å². The van der Waals surface area contributed by atoms with Crippen LogP contribution in [0.3, 0.4) is 0 Å². The van der Waals surface area contributed by atoms with Crippen molar-refractivity contribution in [3.05, 3.63) is 47.8 Å². The fourth-order valence-corrected chi connectivity index (χ4v) is 1.89. The zero-order chi connectivity index (χ0) is 14.4. The minimum Gasteiger partial charge on any atom is -0.463 e. The summed E-state index contributed by atoms with van der Waals surface area (Å²) in [7, 11) is 1.24. The summed E-state index contributed by atoms with van der Waals surface area (Å²) in [6.45, 7) is 0. The Morgan fingerprint density at radius 1 is 1.30 bits per heavy atom. The van der Waals surface area contributed by atoms with Gasteiger partial charge in [-0.05, 0) is 11.6 Å². The van der Waals surface area contributed by atoms with Crippen LogP contribution in [-0.4, -0.2) is 28.3 Å². The number of benzene rings is 1. The number of anilines is 1. The van der Waals surface area contributed by atoms with Crippen molar-refractivity contribution in [1.29, 1.82) is 0 Å². The summed E-state index contributed by atoms with van der Waals surface area (Å²) in [5.74, 6) is -1.05. The molecule has 0 spiro atoms. The van der Waals surface area contributed by atoms with Crippen LogP contribution in [0.5, 0.6) is 0 Å². The van der Waals surface area contributed by atoms with Crippen LogP contribution in [0.25, 0.3) is 6.08 Å². The van der Waals surface area contributed by atoms with Crippen LogP contribution < -0.4 is 5.32 Å². The quantitative estimate of drug-likeness (QED) is 0.687. The zero-order valence-electron chi connectivity index (χ0n) is 10.6. The van der Waals surface area contributed by atoms with Crippen molar-refractivity contribution in [2.75, 3.05) is 12.4 Å². The summed E-state index contributed by atoms with van der Waals surface area (Å²) in [5.41, 5.74) is 0.912. The minimum absolute atomic E-state index is 0.0696. The Morgan fingerprint density at radius 2 is 2.05 bits per heavy atom. The second kappa shape index (κ2) is 6.58. The third-order valence-corrected chi connectivity index (χ3v) is 2.88. The first kappa shape index (κ1) is 13.9. The Kier molecular flexibility index (Phi) is 4.56. The number of amides is 1. The van der Waals surface area contributed by atoms with Gasteiger partial charge in [-0.2, -0.15) is 9.36 Å². The molecule has 0 fully saturated rings. The Morgan fingerprint density at radius 3 is 2.75 bits per heavy atom. The fourth-order valence-electron chi connectivity index (χ4n) is 1.33. The maximum absolute atomic E-state index is 11.7. The van der Waals surface area contributed by atoms with Crippen LogP contribution in [0.4, 0.5) is 5.13 Å². The van der Waals surface area contributed by atoms with Crippen molar-refractivity contribution in [3.8, 4) is 0 Å². The standard InChI is InChI=1S/C13H11N3O3S/c1-19-12(18)11-15-13(20-16-11)14-10(17)8-7-9-5-3-2-4-6-9/h2-8H,1H3,(H,14,15,16,17)/b8-7+. The van der Waals surface area contributed by atoms with Crippen LogP contribution in [0.1, 0.15) is 16.2 Å². The molecule has 102 valence electrons. The monoisotopic (exact) mass is 289 g/mol. The second-order valence-corrected chi connectivity index (χ2v) is 4.40. The molecule has 20 heavy (non-hydrogen) atoms. The molecule has 1 aromatic carbocycles. The highest BCUT2D eigenvalue weighted by atomic mass is 32.1. The second-order valence-electron chi connectivity index (χ2n) is 3.65. The van der Waals surface area contributed by atoms with E-state index in [9.17, 15) is 9.59 Å². The van der Waals surface area contributed by atoms with Gasteiger partial charge in [0.1, 0.15) is 0 Å². The highest BCUT2D eigenvalue weighted by Gasteiger charge is 2.13. The molecule has 0 aliphatic rings. The molecule has 0 saturated heterocycles. The lowest BCUT2D eigenvalue weighted by Crippen LogP contribution is -2.08. The van der Waals surface area contributed by atoms with E-state index in [4.69, 9.17) is 0 Å². The van der Waals surface area contributed by atoms with Gasteiger partial charge in [0.2, 0.25) is 11.0 Å². The number of ether oxygens (including phenoxy) is 1. The lowest BCUT2D eigenvalue weighted by molar-refractivity contribution is -0.111. The van der Waals surface area contributed by atoms with Gasteiger partial charge in [-0.3, -0.25) is 10.1 Å². The highest BCUT2D eigenvalue weighted by molar-refractivity contribution is 7.10. The number of methoxy groups -OCH3 is 1. The van der Waals surface area contributed by atoms with E-state index in [1.807, 2.05) is 30.3 Å². The largest absolute Gasteiger partial charge is 0.463 e. The predicted molar refractivity (Wildman–Crippen MR) is 75.4 cm³/mol. The van der Waals surface area contributed by atoms with E-state index in [2.05, 4.69) is 19.4 Å². The maximum atomic E-state index is 11.7. The molecule has 0 bridgehead atoms. The smallest absolute Gasteiger partial charge is 0.377 e. The average Bonchev–Trinajstić information content (AvgIpc) is 2.94. The number of nitrogens with zero attached hydrogens (tertiary/aromatic N) is 2. The molecule has 0 saturated carbocycles. The Hall–Kier alpha value is -2.54.